The summed E-state index contributed by atoms with van der Waals surface area (Å²) in [5.74, 6) is -5.32. The molecule has 0 bridgehead atoms. The van der Waals surface area contributed by atoms with Crippen molar-refractivity contribution < 1.29 is 33.8 Å². The summed E-state index contributed by atoms with van der Waals surface area (Å²) in [7, 11) is 0. The lowest BCUT2D eigenvalue weighted by atomic mass is 9.59. The van der Waals surface area contributed by atoms with Crippen LogP contribution in [0.5, 0.6) is 0 Å². The Morgan fingerprint density at radius 2 is 1.87 bits per heavy atom. The number of aliphatic hydroxyl groups excluding tert-OH is 1. The Morgan fingerprint density at radius 3 is 2.56 bits per heavy atom. The Morgan fingerprint density at radius 1 is 1.15 bits per heavy atom. The molecule has 4 rings (SSSR count). The van der Waals surface area contributed by atoms with Crippen LogP contribution in [0, 0.1) is 23.7 Å². The number of ketones is 2. The summed E-state index contributed by atoms with van der Waals surface area (Å²) >= 11 is 0. The molecule has 206 valence electrons. The number of rotatable bonds is 3. The van der Waals surface area contributed by atoms with Crippen LogP contribution < -0.4 is 5.32 Å². The molecule has 1 amide bonds. The Kier molecular flexibility index (Phi) is 8.45. The molecule has 8 nitrogen and oxygen atoms in total. The second kappa shape index (κ2) is 11.6. The number of nitrogens with one attached hydrogen (secondary N) is 1. The van der Waals surface area contributed by atoms with Gasteiger partial charge in [-0.15, -0.1) is 0 Å². The first-order chi connectivity index (χ1) is 18.6. The van der Waals surface area contributed by atoms with E-state index >= 15 is 0 Å². The molecule has 8 heteroatoms. The zero-order valence-corrected chi connectivity index (χ0v) is 22.3. The lowest BCUT2D eigenvalue weighted by molar-refractivity contribution is -0.183. The summed E-state index contributed by atoms with van der Waals surface area (Å²) in [5.41, 5.74) is -1.04. The molecule has 0 aromatic heterocycles. The molecular formula is C31H35NO7. The maximum Gasteiger partial charge on any atom is 0.342 e. The monoisotopic (exact) mass is 533 g/mol. The van der Waals surface area contributed by atoms with Crippen LogP contribution in [-0.4, -0.2) is 52.6 Å². The van der Waals surface area contributed by atoms with Crippen LogP contribution >= 0.6 is 0 Å². The normalized spacial score (nSPS) is 36.3. The van der Waals surface area contributed by atoms with Crippen molar-refractivity contribution in [1.82, 2.24) is 5.32 Å². The van der Waals surface area contributed by atoms with Crippen LogP contribution in [0.25, 0.3) is 0 Å². The number of allylic oxidation sites excluding steroid dienone is 2. The van der Waals surface area contributed by atoms with Crippen molar-refractivity contribution >= 4 is 29.7 Å². The minimum atomic E-state index is -1.87. The van der Waals surface area contributed by atoms with E-state index in [1.165, 1.54) is 0 Å². The van der Waals surface area contributed by atoms with E-state index in [0.717, 1.165) is 5.56 Å². The molecule has 39 heavy (non-hydrogen) atoms. The van der Waals surface area contributed by atoms with Gasteiger partial charge in [0, 0.05) is 24.5 Å². The van der Waals surface area contributed by atoms with Gasteiger partial charge >= 0.3 is 5.97 Å². The Labute approximate surface area is 228 Å². The minimum Gasteiger partial charge on any atom is -0.444 e. The van der Waals surface area contributed by atoms with Crippen molar-refractivity contribution in [3.63, 3.8) is 0 Å². The van der Waals surface area contributed by atoms with Gasteiger partial charge in [-0.3, -0.25) is 19.2 Å². The number of esters is 1. The molecule has 1 unspecified atom stereocenters. The molecule has 1 aliphatic carbocycles. The molecule has 3 aliphatic rings. The van der Waals surface area contributed by atoms with E-state index in [0.29, 0.717) is 37.3 Å². The van der Waals surface area contributed by atoms with Gasteiger partial charge in [0.05, 0.1) is 12.0 Å². The highest BCUT2D eigenvalue weighted by Crippen LogP contribution is 2.52. The zero-order chi connectivity index (χ0) is 28.3. The fraction of sp³-hybridized carbons (Fsp3) is 0.452. The SMILES string of the molecule is C=C1[C@@H](O)C2/C=C/C[C@H](C)CCCC(=O)C(=O)/C=C(\C=O)C(=O)O[C@]23C(=O)N[C@@H](Cc2ccccc2)[C@@H]3[C@@H]1C. The van der Waals surface area contributed by atoms with Crippen LogP contribution in [0.1, 0.15) is 45.1 Å². The van der Waals surface area contributed by atoms with E-state index < -0.39 is 64.5 Å². The van der Waals surface area contributed by atoms with Gasteiger partial charge < -0.3 is 15.2 Å². The standard InChI is InChI=1S/C31H35NO7/c1-18-9-7-13-23-28(36)20(3)19(2)27-24(15-21-11-5-4-6-12-21)32-30(38)31(23,27)39-29(37)22(17-33)16-26(35)25(34)14-8-10-18/h4-7,11-13,16-19,23-24,27-28,36H,3,8-10,14-15H2,1-2H3,(H,32,38)/b13-7+,22-16+/t18-,19+,23?,24-,27-,28+,31+/m0/s1. The number of hydrogen-bond acceptors (Lipinski definition) is 7. The number of Topliss-reactive ketones (excluding diaryl/α,β-unsaturated/α-hetero) is 1. The van der Waals surface area contributed by atoms with Gasteiger partial charge in [-0.05, 0) is 48.7 Å². The van der Waals surface area contributed by atoms with Crippen LogP contribution in [0.15, 0.2) is 66.3 Å². The molecule has 0 radical (unpaired) electrons. The molecule has 7 atom stereocenters. The highest BCUT2D eigenvalue weighted by atomic mass is 16.6. The third-order valence-corrected chi connectivity index (χ3v) is 8.41. The molecule has 1 saturated heterocycles. The van der Waals surface area contributed by atoms with E-state index in [1.54, 1.807) is 6.08 Å². The number of ether oxygens (including phenoxy) is 1. The summed E-state index contributed by atoms with van der Waals surface area (Å²) in [6.45, 7) is 7.97. The van der Waals surface area contributed by atoms with Crippen LogP contribution in [0.4, 0.5) is 0 Å². The lowest BCUT2D eigenvalue weighted by Crippen LogP contribution is -2.61. The number of aldehydes is 1. The van der Waals surface area contributed by atoms with E-state index in [1.807, 2.05) is 50.3 Å². The smallest absolute Gasteiger partial charge is 0.342 e. The predicted molar refractivity (Wildman–Crippen MR) is 143 cm³/mol. The molecule has 2 N–H and O–H groups in total. The fourth-order valence-corrected chi connectivity index (χ4v) is 6.24. The second-order valence-corrected chi connectivity index (χ2v) is 11.0. The van der Waals surface area contributed by atoms with Crippen LogP contribution in [0.2, 0.25) is 0 Å². The van der Waals surface area contributed by atoms with Gasteiger partial charge in [0.2, 0.25) is 17.2 Å². The minimum absolute atomic E-state index is 0.00116. The van der Waals surface area contributed by atoms with Crippen molar-refractivity contribution in [2.45, 2.75) is 63.7 Å². The number of carbonyl (C=O) groups excluding carboxylic acids is 5. The van der Waals surface area contributed by atoms with Crippen LogP contribution in [0.3, 0.4) is 0 Å². The molecule has 2 heterocycles. The molecule has 2 aliphatic heterocycles. The first-order valence-corrected chi connectivity index (χ1v) is 13.5. The maximum atomic E-state index is 13.9. The quantitative estimate of drug-likeness (QED) is 0.201. The Bertz CT molecular complexity index is 1230. The van der Waals surface area contributed by atoms with Crippen LogP contribution in [-0.2, 0) is 35.1 Å². The van der Waals surface area contributed by atoms with Gasteiger partial charge in [0.1, 0.15) is 5.57 Å². The van der Waals surface area contributed by atoms with Crippen molar-refractivity contribution in [3.8, 4) is 0 Å². The van der Waals surface area contributed by atoms with Crippen molar-refractivity contribution in [3.05, 3.63) is 71.8 Å². The summed E-state index contributed by atoms with van der Waals surface area (Å²) in [4.78, 5) is 64.0. The Hall–Kier alpha value is -3.65. The van der Waals surface area contributed by atoms with Gasteiger partial charge in [0.15, 0.2) is 6.29 Å². The van der Waals surface area contributed by atoms with E-state index in [4.69, 9.17) is 4.74 Å². The van der Waals surface area contributed by atoms with Gasteiger partial charge in [-0.1, -0.05) is 62.9 Å². The molecular weight excluding hydrogens is 498 g/mol. The summed E-state index contributed by atoms with van der Waals surface area (Å²) in [6, 6.07) is 9.09. The van der Waals surface area contributed by atoms with E-state index in [9.17, 15) is 29.1 Å². The molecule has 2 fully saturated rings. The van der Waals surface area contributed by atoms with Crippen molar-refractivity contribution in [2.75, 3.05) is 0 Å². The highest BCUT2D eigenvalue weighted by molar-refractivity contribution is 6.43. The molecule has 1 aromatic rings. The van der Waals surface area contributed by atoms with E-state index in [2.05, 4.69) is 11.9 Å². The number of carbonyl (C=O) groups is 5. The first-order valence-electron chi connectivity index (χ1n) is 13.5. The third kappa shape index (κ3) is 5.43. The molecule has 1 saturated carbocycles. The largest absolute Gasteiger partial charge is 0.444 e. The average molecular weight is 534 g/mol. The van der Waals surface area contributed by atoms with Gasteiger partial charge in [0.25, 0.3) is 5.91 Å². The summed E-state index contributed by atoms with van der Waals surface area (Å²) < 4.78 is 5.96. The van der Waals surface area contributed by atoms with Crippen molar-refractivity contribution in [1.29, 1.82) is 0 Å². The summed E-state index contributed by atoms with van der Waals surface area (Å²) in [5, 5.41) is 14.4. The lowest BCUT2D eigenvalue weighted by Gasteiger charge is -2.49. The average Bonchev–Trinajstić information content (AvgIpc) is 3.18. The van der Waals surface area contributed by atoms with Gasteiger partial charge in [-0.25, -0.2) is 4.79 Å². The van der Waals surface area contributed by atoms with Crippen molar-refractivity contribution in [2.24, 2.45) is 23.7 Å². The zero-order valence-electron chi connectivity index (χ0n) is 22.3. The summed E-state index contributed by atoms with van der Waals surface area (Å²) in [6.07, 6.45) is 5.40. The predicted octanol–water partition coefficient (Wildman–Crippen LogP) is 2.84. The maximum absolute atomic E-state index is 13.9. The fourth-order valence-electron chi connectivity index (χ4n) is 6.24. The number of aliphatic hydroxyl groups is 1. The number of amides is 1. The third-order valence-electron chi connectivity index (χ3n) is 8.41. The van der Waals surface area contributed by atoms with Gasteiger partial charge in [-0.2, -0.15) is 0 Å². The highest BCUT2D eigenvalue weighted by Gasteiger charge is 2.68. The first kappa shape index (κ1) is 28.4. The molecule has 1 spiro atoms. The topological polar surface area (TPSA) is 127 Å². The molecule has 1 aromatic carbocycles. The second-order valence-electron chi connectivity index (χ2n) is 11.0. The number of benzene rings is 1. The number of hydrogen-bond donors (Lipinski definition) is 2. The Balaban J connectivity index is 1.84. The van der Waals surface area contributed by atoms with E-state index in [-0.39, 0.29) is 18.6 Å².